The van der Waals surface area contributed by atoms with Gasteiger partial charge in [0.2, 0.25) is 5.44 Å². The fourth-order valence-electron chi connectivity index (χ4n) is 4.02. The number of rotatable bonds is 5. The van der Waals surface area contributed by atoms with Crippen molar-refractivity contribution in [2.24, 2.45) is 17.8 Å². The van der Waals surface area contributed by atoms with Crippen LogP contribution in [0.4, 0.5) is 0 Å². The van der Waals surface area contributed by atoms with Gasteiger partial charge in [-0.25, -0.2) is 9.59 Å². The predicted octanol–water partition coefficient (Wildman–Crippen LogP) is 3.49. The number of hydrogen-bond acceptors (Lipinski definition) is 6. The van der Waals surface area contributed by atoms with Gasteiger partial charge in [0.15, 0.2) is 0 Å². The van der Waals surface area contributed by atoms with Crippen LogP contribution >= 0.6 is 27.7 Å². The van der Waals surface area contributed by atoms with Gasteiger partial charge in [0.05, 0.1) is 5.56 Å². The lowest BCUT2D eigenvalue weighted by Gasteiger charge is -2.37. The minimum atomic E-state index is -0.779. The number of nitrogens with one attached hydrogen (secondary N) is 1. The van der Waals surface area contributed by atoms with Crippen LogP contribution in [0.25, 0.3) is 6.08 Å². The summed E-state index contributed by atoms with van der Waals surface area (Å²) in [6.45, 7) is 6.52. The number of ether oxygens (including phenoxy) is 2. The number of halogens is 1. The topological polar surface area (TPSA) is 90.4 Å². The monoisotopic (exact) mass is 486 g/mol. The van der Waals surface area contributed by atoms with E-state index in [0.717, 1.165) is 19.3 Å². The molecule has 1 aromatic rings. The van der Waals surface area contributed by atoms with Crippen LogP contribution < -0.4 is 11.2 Å². The first-order chi connectivity index (χ1) is 13.8. The first kappa shape index (κ1) is 22.4. The molecule has 2 fully saturated rings. The molecular formula is C20H27BrN2O5S. The van der Waals surface area contributed by atoms with Crippen molar-refractivity contribution in [2.45, 2.75) is 57.8 Å². The Kier molecular flexibility index (Phi) is 7.45. The second-order valence-corrected chi connectivity index (χ2v) is 9.72. The molecule has 0 radical (unpaired) electrons. The second-order valence-electron chi connectivity index (χ2n) is 8.10. The molecule has 1 saturated carbocycles. The van der Waals surface area contributed by atoms with E-state index in [0.29, 0.717) is 29.1 Å². The Labute approximate surface area is 182 Å². The molecule has 7 nitrogen and oxygen atoms in total. The molecule has 1 saturated heterocycles. The summed E-state index contributed by atoms with van der Waals surface area (Å²) in [5.74, 6) is 1.37. The Morgan fingerprint density at radius 1 is 1.41 bits per heavy atom. The average Bonchev–Trinajstić information content (AvgIpc) is 3.14. The van der Waals surface area contributed by atoms with Crippen molar-refractivity contribution in [1.82, 2.24) is 9.55 Å². The number of thioether (sulfide) groups is 1. The van der Waals surface area contributed by atoms with Crippen molar-refractivity contribution < 1.29 is 14.3 Å². The van der Waals surface area contributed by atoms with Gasteiger partial charge in [0.1, 0.15) is 12.3 Å². The molecule has 2 aliphatic rings. The summed E-state index contributed by atoms with van der Waals surface area (Å²) in [6, 6.07) is 0. The summed E-state index contributed by atoms with van der Waals surface area (Å²) in [5, 5.41) is 0. The summed E-state index contributed by atoms with van der Waals surface area (Å²) in [6.07, 6.45) is 5.34. The zero-order valence-corrected chi connectivity index (χ0v) is 19.2. The van der Waals surface area contributed by atoms with Crippen LogP contribution in [0.1, 0.15) is 51.8 Å². The van der Waals surface area contributed by atoms with Crippen LogP contribution in [-0.2, 0) is 14.3 Å². The second kappa shape index (κ2) is 9.66. The molecule has 9 heteroatoms. The largest absolute Gasteiger partial charge is 0.459 e. The van der Waals surface area contributed by atoms with E-state index in [9.17, 15) is 14.4 Å². The van der Waals surface area contributed by atoms with E-state index < -0.39 is 22.9 Å². The number of aromatic nitrogens is 2. The summed E-state index contributed by atoms with van der Waals surface area (Å²) in [7, 11) is 0. The van der Waals surface area contributed by atoms with Crippen LogP contribution in [-0.4, -0.2) is 32.8 Å². The number of esters is 1. The summed E-state index contributed by atoms with van der Waals surface area (Å²) >= 11 is 4.43. The molecular weight excluding hydrogens is 460 g/mol. The number of hydrogen-bond donors (Lipinski definition) is 1. The molecule has 0 spiro atoms. The van der Waals surface area contributed by atoms with Crippen molar-refractivity contribution in [1.29, 1.82) is 0 Å². The van der Waals surface area contributed by atoms with Gasteiger partial charge < -0.3 is 9.47 Å². The third-order valence-electron chi connectivity index (χ3n) is 5.64. The molecule has 5 atom stereocenters. The van der Waals surface area contributed by atoms with E-state index in [1.165, 1.54) is 27.5 Å². The summed E-state index contributed by atoms with van der Waals surface area (Å²) < 4.78 is 13.0. The fraction of sp³-hybridized carbons (Fsp3) is 0.650. The van der Waals surface area contributed by atoms with E-state index in [-0.39, 0.29) is 12.1 Å². The number of aromatic amines is 1. The third-order valence-corrected chi connectivity index (χ3v) is 6.99. The standard InChI is InChI=1S/C20H27BrN2O5S/c1-11(2)14-5-4-12(3)8-15(14)27-18(25)19-28-16(10-29-19)23-9-13(6-7-21)17(24)22-20(23)26/h6-7,9,11-12,14-16,19H,4-5,8,10H2,1-3H3,(H,22,24,26)/b7-6+/t12-,14+,15-,16+,19-/m1/s1. The summed E-state index contributed by atoms with van der Waals surface area (Å²) in [5.41, 5.74) is -1.51. The number of carbonyl (C=O) groups is 1. The van der Waals surface area contributed by atoms with Gasteiger partial charge in [0.25, 0.3) is 5.56 Å². The molecule has 1 aliphatic carbocycles. The van der Waals surface area contributed by atoms with Crippen LogP contribution in [0, 0.1) is 17.8 Å². The Morgan fingerprint density at radius 3 is 2.86 bits per heavy atom. The minimum Gasteiger partial charge on any atom is -0.459 e. The molecule has 0 amide bonds. The molecule has 1 aliphatic heterocycles. The van der Waals surface area contributed by atoms with Crippen LogP contribution in [0.3, 0.4) is 0 Å². The highest BCUT2D eigenvalue weighted by molar-refractivity contribution is 9.11. The maximum atomic E-state index is 12.7. The molecule has 0 bridgehead atoms. The quantitative estimate of drug-likeness (QED) is 0.640. The zero-order chi connectivity index (χ0) is 21.1. The van der Waals surface area contributed by atoms with Gasteiger partial charge in [-0.05, 0) is 41.7 Å². The van der Waals surface area contributed by atoms with Crippen molar-refractivity contribution in [2.75, 3.05) is 5.75 Å². The van der Waals surface area contributed by atoms with E-state index in [2.05, 4.69) is 41.7 Å². The Hall–Kier alpha value is -1.32. The summed E-state index contributed by atoms with van der Waals surface area (Å²) in [4.78, 5) is 40.6. The maximum Gasteiger partial charge on any atom is 0.346 e. The highest BCUT2D eigenvalue weighted by atomic mass is 79.9. The van der Waals surface area contributed by atoms with Crippen molar-refractivity contribution in [3.63, 3.8) is 0 Å². The highest BCUT2D eigenvalue weighted by Gasteiger charge is 2.39. The van der Waals surface area contributed by atoms with Gasteiger partial charge in [0, 0.05) is 11.9 Å². The first-order valence-electron chi connectivity index (χ1n) is 9.90. The average molecular weight is 487 g/mol. The number of carbonyl (C=O) groups excluding carboxylic acids is 1. The Bertz CT molecular complexity index is 880. The Morgan fingerprint density at radius 2 is 2.17 bits per heavy atom. The fourth-order valence-corrected chi connectivity index (χ4v) is 5.28. The molecule has 0 aromatic carbocycles. The van der Waals surface area contributed by atoms with Crippen molar-refractivity contribution in [3.8, 4) is 0 Å². The van der Waals surface area contributed by atoms with Gasteiger partial charge >= 0.3 is 11.7 Å². The van der Waals surface area contributed by atoms with Gasteiger partial charge in [-0.1, -0.05) is 43.1 Å². The van der Waals surface area contributed by atoms with Crippen LogP contribution in [0.15, 0.2) is 20.8 Å². The Balaban J connectivity index is 1.69. The SMILES string of the molecule is CC(C)[C@@H]1CC[C@@H](C)C[C@H]1OC(=O)[C@@H]1O[C@H](n2cc(/C=C/Br)c(=O)[nH]c2=O)CS1. The normalized spacial score (nSPS) is 30.2. The van der Waals surface area contributed by atoms with E-state index >= 15 is 0 Å². The smallest absolute Gasteiger partial charge is 0.346 e. The lowest BCUT2D eigenvalue weighted by molar-refractivity contribution is -0.166. The van der Waals surface area contributed by atoms with Crippen molar-refractivity contribution in [3.05, 3.63) is 37.6 Å². The predicted molar refractivity (Wildman–Crippen MR) is 117 cm³/mol. The van der Waals surface area contributed by atoms with Crippen molar-refractivity contribution >= 4 is 39.7 Å². The van der Waals surface area contributed by atoms with E-state index in [1.54, 1.807) is 6.08 Å². The lowest BCUT2D eigenvalue weighted by Crippen LogP contribution is -2.38. The van der Waals surface area contributed by atoms with E-state index in [4.69, 9.17) is 9.47 Å². The number of H-pyrrole nitrogens is 1. The third kappa shape index (κ3) is 5.24. The van der Waals surface area contributed by atoms with Crippen LogP contribution in [0.2, 0.25) is 0 Å². The maximum absolute atomic E-state index is 12.7. The van der Waals surface area contributed by atoms with Crippen LogP contribution in [0.5, 0.6) is 0 Å². The molecule has 1 aromatic heterocycles. The molecule has 0 unspecified atom stereocenters. The van der Waals surface area contributed by atoms with E-state index in [1.807, 2.05) is 0 Å². The molecule has 29 heavy (non-hydrogen) atoms. The molecule has 1 N–H and O–H groups in total. The molecule has 3 rings (SSSR count). The lowest BCUT2D eigenvalue weighted by atomic mass is 9.75. The minimum absolute atomic E-state index is 0.0963. The zero-order valence-electron chi connectivity index (χ0n) is 16.8. The molecule has 2 heterocycles. The van der Waals surface area contributed by atoms with Gasteiger partial charge in [-0.15, -0.1) is 11.8 Å². The van der Waals surface area contributed by atoms with Gasteiger partial charge in [-0.3, -0.25) is 14.3 Å². The van der Waals surface area contributed by atoms with Gasteiger partial charge in [-0.2, -0.15) is 0 Å². The molecule has 160 valence electrons. The highest BCUT2D eigenvalue weighted by Crippen LogP contribution is 2.37. The number of nitrogens with zero attached hydrogens (tertiary/aromatic N) is 1. The first-order valence-corrected chi connectivity index (χ1v) is 11.9.